The van der Waals surface area contributed by atoms with Crippen LogP contribution in [0.1, 0.15) is 33.3 Å². The summed E-state index contributed by atoms with van der Waals surface area (Å²) >= 11 is 15.9. The number of carbonyl (C=O) groups excluding carboxylic acids is 1. The zero-order valence-electron chi connectivity index (χ0n) is 16.2. The summed E-state index contributed by atoms with van der Waals surface area (Å²) in [6.07, 6.45) is 0. The Labute approximate surface area is 196 Å². The van der Waals surface area contributed by atoms with Crippen LogP contribution in [-0.4, -0.2) is 5.91 Å². The average Bonchev–Trinajstić information content (AvgIpc) is 3.03. The van der Waals surface area contributed by atoms with Crippen molar-refractivity contribution in [3.05, 3.63) is 108 Å². The molecule has 7 heteroatoms. The van der Waals surface area contributed by atoms with Gasteiger partial charge in [-0.3, -0.25) is 14.5 Å². The second kappa shape index (κ2) is 7.52. The molecule has 0 bridgehead atoms. The number of nitrogens with zero attached hydrogens (tertiary/aromatic N) is 1. The van der Waals surface area contributed by atoms with Crippen LogP contribution < -0.4 is 10.3 Å². The first-order chi connectivity index (χ1) is 14.8. The Morgan fingerprint density at radius 2 is 1.77 bits per heavy atom. The first-order valence-corrected chi connectivity index (χ1v) is 11.0. The molecule has 5 rings (SSSR count). The summed E-state index contributed by atoms with van der Waals surface area (Å²) in [6, 6.07) is 17.1. The van der Waals surface area contributed by atoms with Crippen molar-refractivity contribution in [1.29, 1.82) is 0 Å². The van der Waals surface area contributed by atoms with Crippen LogP contribution >= 0.6 is 39.1 Å². The number of fused-ring (bicyclic) bond motifs is 2. The van der Waals surface area contributed by atoms with Crippen LogP contribution in [0, 0.1) is 6.92 Å². The quantitative estimate of drug-likeness (QED) is 0.291. The van der Waals surface area contributed by atoms with E-state index in [0.717, 1.165) is 10.0 Å². The Balaban J connectivity index is 1.84. The summed E-state index contributed by atoms with van der Waals surface area (Å²) in [6.45, 7) is 1.90. The Bertz CT molecular complexity index is 1450. The number of amides is 1. The fourth-order valence-electron chi connectivity index (χ4n) is 3.98. The normalized spacial score (nSPS) is 15.5. The number of aryl methyl sites for hydroxylation is 1. The molecule has 31 heavy (non-hydrogen) atoms. The van der Waals surface area contributed by atoms with Crippen LogP contribution in [0.15, 0.2) is 74.3 Å². The Morgan fingerprint density at radius 3 is 2.52 bits per heavy atom. The minimum atomic E-state index is -0.701. The highest BCUT2D eigenvalue weighted by molar-refractivity contribution is 9.10. The van der Waals surface area contributed by atoms with Crippen LogP contribution in [-0.2, 0) is 0 Å². The largest absolute Gasteiger partial charge is 0.450 e. The van der Waals surface area contributed by atoms with Gasteiger partial charge in [-0.25, -0.2) is 0 Å². The number of carbonyl (C=O) groups is 1. The highest BCUT2D eigenvalue weighted by atomic mass is 79.9. The topological polar surface area (TPSA) is 50.5 Å². The maximum absolute atomic E-state index is 13.6. The standard InChI is InChI=1S/C24H14BrCl2NO3/c1-12-5-8-19-16(9-12)22(29)20-21(13-6-7-17(26)18(27)10-13)28(24(30)23(20)31-19)15-4-2-3-14(25)11-15/h2-11,21H,1H3. The van der Waals surface area contributed by atoms with E-state index in [-0.39, 0.29) is 17.1 Å². The van der Waals surface area contributed by atoms with Gasteiger partial charge in [0.25, 0.3) is 5.91 Å². The van der Waals surface area contributed by atoms with Gasteiger partial charge in [0.2, 0.25) is 5.76 Å². The van der Waals surface area contributed by atoms with Crippen molar-refractivity contribution >= 4 is 61.7 Å². The third-order valence-corrected chi connectivity index (χ3v) is 6.60. The lowest BCUT2D eigenvalue weighted by Gasteiger charge is -2.25. The van der Waals surface area contributed by atoms with Crippen molar-refractivity contribution in [3.8, 4) is 0 Å². The molecule has 0 saturated carbocycles. The third-order valence-electron chi connectivity index (χ3n) is 5.37. The van der Waals surface area contributed by atoms with Gasteiger partial charge in [0.05, 0.1) is 27.0 Å². The number of hydrogen-bond donors (Lipinski definition) is 0. The zero-order chi connectivity index (χ0) is 21.9. The fourth-order valence-corrected chi connectivity index (χ4v) is 4.67. The summed E-state index contributed by atoms with van der Waals surface area (Å²) in [7, 11) is 0. The molecule has 1 unspecified atom stereocenters. The molecule has 0 N–H and O–H groups in total. The maximum Gasteiger partial charge on any atom is 0.295 e. The van der Waals surface area contributed by atoms with Crippen LogP contribution in [0.4, 0.5) is 5.69 Å². The summed E-state index contributed by atoms with van der Waals surface area (Å²) in [5.74, 6) is -0.346. The lowest BCUT2D eigenvalue weighted by molar-refractivity contribution is 0.0971. The summed E-state index contributed by atoms with van der Waals surface area (Å²) in [5, 5.41) is 1.17. The van der Waals surface area contributed by atoms with E-state index in [9.17, 15) is 9.59 Å². The van der Waals surface area contributed by atoms with Gasteiger partial charge >= 0.3 is 0 Å². The molecule has 154 valence electrons. The molecular formula is C24H14BrCl2NO3. The predicted octanol–water partition coefficient (Wildman–Crippen LogP) is 6.92. The molecule has 1 aliphatic rings. The van der Waals surface area contributed by atoms with Crippen molar-refractivity contribution in [1.82, 2.24) is 0 Å². The molecule has 3 aromatic carbocycles. The lowest BCUT2D eigenvalue weighted by atomic mass is 9.98. The predicted molar refractivity (Wildman–Crippen MR) is 126 cm³/mol. The Morgan fingerprint density at radius 1 is 0.968 bits per heavy atom. The third kappa shape index (κ3) is 3.28. The van der Waals surface area contributed by atoms with E-state index in [1.807, 2.05) is 37.3 Å². The van der Waals surface area contributed by atoms with E-state index >= 15 is 0 Å². The monoisotopic (exact) mass is 513 g/mol. The molecule has 1 amide bonds. The highest BCUT2D eigenvalue weighted by Gasteiger charge is 2.43. The van der Waals surface area contributed by atoms with E-state index in [1.165, 1.54) is 0 Å². The van der Waals surface area contributed by atoms with Gasteiger partial charge in [-0.15, -0.1) is 0 Å². The van der Waals surface area contributed by atoms with Crippen LogP contribution in [0.25, 0.3) is 11.0 Å². The summed E-state index contributed by atoms with van der Waals surface area (Å²) in [4.78, 5) is 28.7. The van der Waals surface area contributed by atoms with Gasteiger partial charge in [0.15, 0.2) is 5.43 Å². The molecule has 1 aliphatic heterocycles. The summed E-state index contributed by atoms with van der Waals surface area (Å²) < 4.78 is 6.79. The molecule has 0 saturated heterocycles. The van der Waals surface area contributed by atoms with Crippen molar-refractivity contribution in [2.45, 2.75) is 13.0 Å². The number of benzene rings is 3. The highest BCUT2D eigenvalue weighted by Crippen LogP contribution is 2.42. The van der Waals surface area contributed by atoms with Crippen molar-refractivity contribution in [2.24, 2.45) is 0 Å². The molecule has 4 nitrogen and oxygen atoms in total. The second-order valence-corrected chi connectivity index (χ2v) is 9.13. The van der Waals surface area contributed by atoms with E-state index in [1.54, 1.807) is 35.2 Å². The number of rotatable bonds is 2. The molecule has 0 aliphatic carbocycles. The van der Waals surface area contributed by atoms with Crippen molar-refractivity contribution < 1.29 is 9.21 Å². The van der Waals surface area contributed by atoms with Gasteiger partial charge in [-0.2, -0.15) is 0 Å². The molecular weight excluding hydrogens is 501 g/mol. The number of halogens is 3. The SMILES string of the molecule is Cc1ccc2oc3c(c(=O)c2c1)C(c1ccc(Cl)c(Cl)c1)N(c1cccc(Br)c1)C3=O. The first-order valence-electron chi connectivity index (χ1n) is 9.46. The molecule has 1 atom stereocenters. The maximum atomic E-state index is 13.6. The van der Waals surface area contributed by atoms with E-state index in [2.05, 4.69) is 15.9 Å². The van der Waals surface area contributed by atoms with Crippen LogP contribution in [0.5, 0.6) is 0 Å². The fraction of sp³-hybridized carbons (Fsp3) is 0.0833. The number of hydrogen-bond acceptors (Lipinski definition) is 3. The van der Waals surface area contributed by atoms with Gasteiger partial charge in [-0.05, 0) is 55.0 Å². The smallest absolute Gasteiger partial charge is 0.295 e. The zero-order valence-corrected chi connectivity index (χ0v) is 19.3. The van der Waals surface area contributed by atoms with Crippen molar-refractivity contribution in [2.75, 3.05) is 4.90 Å². The van der Waals surface area contributed by atoms with E-state index in [4.69, 9.17) is 27.6 Å². The lowest BCUT2D eigenvalue weighted by Crippen LogP contribution is -2.29. The van der Waals surface area contributed by atoms with Gasteiger partial charge in [-0.1, -0.05) is 62.9 Å². The second-order valence-electron chi connectivity index (χ2n) is 7.40. The van der Waals surface area contributed by atoms with Crippen molar-refractivity contribution in [3.63, 3.8) is 0 Å². The average molecular weight is 515 g/mol. The number of anilines is 1. The first kappa shape index (κ1) is 20.3. The Hall–Kier alpha value is -2.60. The van der Waals surface area contributed by atoms with Gasteiger partial charge in [0.1, 0.15) is 5.58 Å². The molecule has 0 radical (unpaired) electrons. The minimum absolute atomic E-state index is 0.0393. The van der Waals surface area contributed by atoms with Crippen LogP contribution in [0.2, 0.25) is 10.0 Å². The molecule has 0 fully saturated rings. The van der Waals surface area contributed by atoms with Gasteiger partial charge < -0.3 is 4.42 Å². The van der Waals surface area contributed by atoms with E-state index < -0.39 is 6.04 Å². The molecule has 2 heterocycles. The summed E-state index contributed by atoms with van der Waals surface area (Å²) in [5.41, 5.74) is 2.66. The molecule has 4 aromatic rings. The van der Waals surface area contributed by atoms with E-state index in [0.29, 0.717) is 37.8 Å². The van der Waals surface area contributed by atoms with Gasteiger partial charge in [0, 0.05) is 10.2 Å². The molecule has 1 aromatic heterocycles. The Kier molecular flexibility index (Phi) is 4.93. The van der Waals surface area contributed by atoms with Crippen LogP contribution in [0.3, 0.4) is 0 Å². The molecule has 0 spiro atoms. The minimum Gasteiger partial charge on any atom is -0.450 e.